The van der Waals surface area contributed by atoms with Gasteiger partial charge in [0.1, 0.15) is 11.4 Å². The SMILES string of the molecule is CC(C)(CN)Oc1cccc(CN2CCNCC2)c1. The van der Waals surface area contributed by atoms with Crippen molar-refractivity contribution in [1.29, 1.82) is 0 Å². The van der Waals surface area contributed by atoms with Gasteiger partial charge in [0.15, 0.2) is 0 Å². The fraction of sp³-hybridized carbons (Fsp3) is 0.600. The summed E-state index contributed by atoms with van der Waals surface area (Å²) < 4.78 is 5.92. The second kappa shape index (κ2) is 6.37. The van der Waals surface area contributed by atoms with Crippen molar-refractivity contribution < 1.29 is 4.74 Å². The van der Waals surface area contributed by atoms with Crippen LogP contribution in [0.4, 0.5) is 0 Å². The number of hydrogen-bond donors (Lipinski definition) is 2. The van der Waals surface area contributed by atoms with Crippen LogP contribution in [0.2, 0.25) is 0 Å². The third-order valence-corrected chi connectivity index (χ3v) is 3.40. The summed E-state index contributed by atoms with van der Waals surface area (Å²) >= 11 is 0. The minimum atomic E-state index is -0.312. The molecular formula is C15H25N3O. The Hall–Kier alpha value is -1.10. The fourth-order valence-corrected chi connectivity index (χ4v) is 2.20. The summed E-state index contributed by atoms with van der Waals surface area (Å²) in [6.45, 7) is 9.90. The van der Waals surface area contributed by atoms with Gasteiger partial charge in [-0.3, -0.25) is 4.90 Å². The van der Waals surface area contributed by atoms with Gasteiger partial charge in [-0.15, -0.1) is 0 Å². The molecular weight excluding hydrogens is 238 g/mol. The van der Waals surface area contributed by atoms with Gasteiger partial charge in [0, 0.05) is 39.3 Å². The van der Waals surface area contributed by atoms with Crippen molar-refractivity contribution in [3.8, 4) is 5.75 Å². The number of ether oxygens (including phenoxy) is 1. The largest absolute Gasteiger partial charge is 0.487 e. The van der Waals surface area contributed by atoms with Crippen LogP contribution in [0.3, 0.4) is 0 Å². The Balaban J connectivity index is 1.98. The summed E-state index contributed by atoms with van der Waals surface area (Å²) in [4.78, 5) is 2.46. The van der Waals surface area contributed by atoms with Gasteiger partial charge in [-0.1, -0.05) is 12.1 Å². The average molecular weight is 263 g/mol. The van der Waals surface area contributed by atoms with Crippen LogP contribution < -0.4 is 15.8 Å². The van der Waals surface area contributed by atoms with E-state index in [2.05, 4.69) is 28.4 Å². The lowest BCUT2D eigenvalue weighted by atomic mass is 10.1. The molecule has 1 saturated heterocycles. The molecule has 0 amide bonds. The minimum absolute atomic E-state index is 0.312. The summed E-state index contributed by atoms with van der Waals surface area (Å²) in [5.41, 5.74) is 6.69. The van der Waals surface area contributed by atoms with Gasteiger partial charge in [-0.2, -0.15) is 0 Å². The molecule has 4 heteroatoms. The number of hydrogen-bond acceptors (Lipinski definition) is 4. The smallest absolute Gasteiger partial charge is 0.120 e. The number of nitrogens with zero attached hydrogens (tertiary/aromatic N) is 1. The van der Waals surface area contributed by atoms with Crippen molar-refractivity contribution in [2.75, 3.05) is 32.7 Å². The first-order valence-electron chi connectivity index (χ1n) is 7.00. The van der Waals surface area contributed by atoms with E-state index in [-0.39, 0.29) is 5.60 Å². The monoisotopic (exact) mass is 263 g/mol. The Labute approximate surface area is 115 Å². The molecule has 0 unspecified atom stereocenters. The molecule has 2 rings (SSSR count). The molecule has 1 aromatic rings. The van der Waals surface area contributed by atoms with Crippen LogP contribution in [0.15, 0.2) is 24.3 Å². The van der Waals surface area contributed by atoms with Crippen LogP contribution in [-0.4, -0.2) is 43.2 Å². The number of rotatable bonds is 5. The maximum atomic E-state index is 5.92. The highest BCUT2D eigenvalue weighted by atomic mass is 16.5. The van der Waals surface area contributed by atoms with Gasteiger partial charge in [0.2, 0.25) is 0 Å². The van der Waals surface area contributed by atoms with Crippen molar-refractivity contribution in [3.63, 3.8) is 0 Å². The molecule has 19 heavy (non-hydrogen) atoms. The van der Waals surface area contributed by atoms with Crippen LogP contribution in [-0.2, 0) is 6.54 Å². The highest BCUT2D eigenvalue weighted by Crippen LogP contribution is 2.20. The Morgan fingerprint density at radius 3 is 2.74 bits per heavy atom. The Bertz CT molecular complexity index is 400. The molecule has 0 saturated carbocycles. The summed E-state index contributed by atoms with van der Waals surface area (Å²) in [7, 11) is 0. The van der Waals surface area contributed by atoms with Crippen LogP contribution >= 0.6 is 0 Å². The standard InChI is InChI=1S/C15H25N3O/c1-15(2,12-16)19-14-5-3-4-13(10-14)11-18-8-6-17-7-9-18/h3-5,10,17H,6-9,11-12,16H2,1-2H3. The fourth-order valence-electron chi connectivity index (χ4n) is 2.20. The third-order valence-electron chi connectivity index (χ3n) is 3.40. The summed E-state index contributed by atoms with van der Waals surface area (Å²) in [5.74, 6) is 0.906. The summed E-state index contributed by atoms with van der Waals surface area (Å²) in [6, 6.07) is 8.34. The molecule has 0 bridgehead atoms. The van der Waals surface area contributed by atoms with E-state index in [0.717, 1.165) is 38.5 Å². The number of nitrogens with two attached hydrogens (primary N) is 1. The molecule has 0 spiro atoms. The molecule has 0 aliphatic carbocycles. The van der Waals surface area contributed by atoms with E-state index in [9.17, 15) is 0 Å². The van der Waals surface area contributed by atoms with Gasteiger partial charge in [-0.25, -0.2) is 0 Å². The van der Waals surface area contributed by atoms with Gasteiger partial charge in [-0.05, 0) is 31.5 Å². The zero-order valence-electron chi connectivity index (χ0n) is 12.0. The quantitative estimate of drug-likeness (QED) is 0.838. The van der Waals surface area contributed by atoms with Gasteiger partial charge in [0.25, 0.3) is 0 Å². The second-order valence-electron chi connectivity index (χ2n) is 5.74. The molecule has 1 heterocycles. The van der Waals surface area contributed by atoms with E-state index in [4.69, 9.17) is 10.5 Å². The molecule has 106 valence electrons. The zero-order valence-corrected chi connectivity index (χ0v) is 12.0. The molecule has 1 aliphatic heterocycles. The zero-order chi connectivity index (χ0) is 13.7. The van der Waals surface area contributed by atoms with Crippen molar-refractivity contribution in [3.05, 3.63) is 29.8 Å². The summed E-state index contributed by atoms with van der Waals surface area (Å²) in [6.07, 6.45) is 0. The Morgan fingerprint density at radius 1 is 1.32 bits per heavy atom. The molecule has 1 fully saturated rings. The lowest BCUT2D eigenvalue weighted by molar-refractivity contribution is 0.118. The lowest BCUT2D eigenvalue weighted by Crippen LogP contribution is -2.42. The predicted octanol–water partition coefficient (Wildman–Crippen LogP) is 1.21. The first-order valence-corrected chi connectivity index (χ1v) is 7.00. The van der Waals surface area contributed by atoms with Gasteiger partial charge < -0.3 is 15.8 Å². The van der Waals surface area contributed by atoms with Crippen LogP contribution in [0.5, 0.6) is 5.75 Å². The van der Waals surface area contributed by atoms with Crippen LogP contribution in [0.1, 0.15) is 19.4 Å². The molecule has 3 N–H and O–H groups in total. The van der Waals surface area contributed by atoms with E-state index in [0.29, 0.717) is 6.54 Å². The molecule has 1 aromatic carbocycles. The Morgan fingerprint density at radius 2 is 2.05 bits per heavy atom. The maximum absolute atomic E-state index is 5.92. The topological polar surface area (TPSA) is 50.5 Å². The first-order chi connectivity index (χ1) is 9.09. The molecule has 0 atom stereocenters. The van der Waals surface area contributed by atoms with Crippen molar-refractivity contribution in [2.45, 2.75) is 26.0 Å². The molecule has 0 radical (unpaired) electrons. The van der Waals surface area contributed by atoms with E-state index >= 15 is 0 Å². The second-order valence-corrected chi connectivity index (χ2v) is 5.74. The van der Waals surface area contributed by atoms with Crippen molar-refractivity contribution in [1.82, 2.24) is 10.2 Å². The van der Waals surface area contributed by atoms with Gasteiger partial charge in [0.05, 0.1) is 0 Å². The predicted molar refractivity (Wildman–Crippen MR) is 78.4 cm³/mol. The van der Waals surface area contributed by atoms with Crippen molar-refractivity contribution in [2.24, 2.45) is 5.73 Å². The lowest BCUT2D eigenvalue weighted by Gasteiger charge is -2.28. The molecule has 0 aromatic heterocycles. The summed E-state index contributed by atoms with van der Waals surface area (Å²) in [5, 5.41) is 3.37. The third kappa shape index (κ3) is 4.49. The number of nitrogens with one attached hydrogen (secondary N) is 1. The van der Waals surface area contributed by atoms with Crippen molar-refractivity contribution >= 4 is 0 Å². The molecule has 4 nitrogen and oxygen atoms in total. The minimum Gasteiger partial charge on any atom is -0.487 e. The number of benzene rings is 1. The van der Waals surface area contributed by atoms with E-state index in [1.165, 1.54) is 5.56 Å². The van der Waals surface area contributed by atoms with E-state index in [1.54, 1.807) is 0 Å². The van der Waals surface area contributed by atoms with E-state index < -0.39 is 0 Å². The van der Waals surface area contributed by atoms with E-state index in [1.807, 2.05) is 19.9 Å². The highest BCUT2D eigenvalue weighted by molar-refractivity contribution is 5.29. The average Bonchev–Trinajstić information content (AvgIpc) is 2.40. The normalized spacial score (nSPS) is 17.4. The van der Waals surface area contributed by atoms with Crippen LogP contribution in [0.25, 0.3) is 0 Å². The highest BCUT2D eigenvalue weighted by Gasteiger charge is 2.17. The molecule has 1 aliphatic rings. The van der Waals surface area contributed by atoms with Gasteiger partial charge >= 0.3 is 0 Å². The van der Waals surface area contributed by atoms with Crippen LogP contribution in [0, 0.1) is 0 Å². The Kier molecular flexibility index (Phi) is 4.80. The first kappa shape index (κ1) is 14.3. The maximum Gasteiger partial charge on any atom is 0.120 e. The number of piperazine rings is 1.